The molecule has 0 radical (unpaired) electrons. The molecular weight excluding hydrogens is 182 g/mol. The van der Waals surface area contributed by atoms with Gasteiger partial charge in [0, 0.05) is 24.9 Å². The predicted octanol–water partition coefficient (Wildman–Crippen LogP) is 0.619. The summed E-state index contributed by atoms with van der Waals surface area (Å²) in [7, 11) is 0. The molecule has 2 aliphatic rings. The maximum absolute atomic E-state index is 11.2. The van der Waals surface area contributed by atoms with Crippen LogP contribution in [0.4, 0.5) is 0 Å². The zero-order chi connectivity index (χ0) is 10.6. The van der Waals surface area contributed by atoms with Crippen LogP contribution in [0.3, 0.4) is 0 Å². The van der Waals surface area contributed by atoms with Crippen molar-refractivity contribution in [2.75, 3.05) is 6.54 Å². The molecule has 0 aromatic rings. The molecule has 2 saturated heterocycles. The zero-order valence-electron chi connectivity index (χ0n) is 8.36. The Hall–Kier alpha value is -0.990. The van der Waals surface area contributed by atoms with Gasteiger partial charge in [-0.25, -0.2) is 0 Å². The van der Waals surface area contributed by atoms with Crippen molar-refractivity contribution in [3.8, 4) is 0 Å². The number of piperidine rings is 1. The Bertz CT molecular complexity index is 230. The number of carbonyl (C=O) groups is 1. The molecule has 0 aliphatic carbocycles. The van der Waals surface area contributed by atoms with Gasteiger partial charge >= 0.3 is 6.15 Å². The van der Waals surface area contributed by atoms with Crippen LogP contribution < -0.4 is 0 Å². The average Bonchev–Trinajstić information content (AvgIpc) is 2.39. The van der Waals surface area contributed by atoms with E-state index in [4.69, 9.17) is 9.59 Å². The maximum atomic E-state index is 11.2. The zero-order valence-corrected chi connectivity index (χ0v) is 8.36. The van der Waals surface area contributed by atoms with Gasteiger partial charge in [0.2, 0.25) is 0 Å². The largest absolute Gasteiger partial charge is 0.373 e. The fraction of sp³-hybridized carbons (Fsp3) is 0.800. The van der Waals surface area contributed by atoms with Gasteiger partial charge in [-0.3, -0.25) is 9.69 Å². The van der Waals surface area contributed by atoms with Crippen LogP contribution in [-0.4, -0.2) is 35.5 Å². The molecule has 0 N–H and O–H groups in total. The van der Waals surface area contributed by atoms with Crippen molar-refractivity contribution in [2.24, 2.45) is 0 Å². The average molecular weight is 197 g/mol. The number of rotatable bonds is 1. The second kappa shape index (κ2) is 5.03. The first kappa shape index (κ1) is 11.1. The van der Waals surface area contributed by atoms with Crippen LogP contribution in [0.1, 0.15) is 32.6 Å². The summed E-state index contributed by atoms with van der Waals surface area (Å²) in [6.07, 6.45) is 4.41. The Morgan fingerprint density at radius 2 is 1.71 bits per heavy atom. The standard InChI is InChI=1S/C9H15NO.CO2/c1-2-10-7-3-4-8(10)6-9(11)5-7;2-1-3/h7-8H,2-6H2,1H3;. The summed E-state index contributed by atoms with van der Waals surface area (Å²) < 4.78 is 0. The Labute approximate surface area is 83.3 Å². The number of carbonyl (C=O) groups excluding carboxylic acids is 3. The Morgan fingerprint density at radius 3 is 2.07 bits per heavy atom. The second-order valence-electron chi connectivity index (χ2n) is 3.75. The van der Waals surface area contributed by atoms with Gasteiger partial charge in [0.05, 0.1) is 0 Å². The fourth-order valence-electron chi connectivity index (χ4n) is 2.58. The summed E-state index contributed by atoms with van der Waals surface area (Å²) >= 11 is 0. The molecule has 0 aromatic carbocycles. The van der Waals surface area contributed by atoms with Crippen molar-refractivity contribution < 1.29 is 14.4 Å². The van der Waals surface area contributed by atoms with E-state index < -0.39 is 0 Å². The molecule has 78 valence electrons. The third-order valence-electron chi connectivity index (χ3n) is 3.06. The van der Waals surface area contributed by atoms with E-state index in [1.54, 1.807) is 0 Å². The highest BCUT2D eigenvalue weighted by atomic mass is 16.2. The number of nitrogens with zero attached hydrogens (tertiary/aromatic N) is 1. The molecular formula is C10H15NO3. The van der Waals surface area contributed by atoms with Crippen molar-refractivity contribution in [1.82, 2.24) is 4.90 Å². The molecule has 0 aromatic heterocycles. The molecule has 2 rings (SSSR count). The van der Waals surface area contributed by atoms with Crippen LogP contribution >= 0.6 is 0 Å². The molecule has 2 fully saturated rings. The molecule has 2 atom stereocenters. The van der Waals surface area contributed by atoms with Crippen LogP contribution in [0, 0.1) is 0 Å². The van der Waals surface area contributed by atoms with Crippen LogP contribution in [0.15, 0.2) is 0 Å². The molecule has 4 nitrogen and oxygen atoms in total. The molecule has 2 aliphatic heterocycles. The van der Waals surface area contributed by atoms with Crippen LogP contribution in [0.25, 0.3) is 0 Å². The SMILES string of the molecule is CCN1C2CCC1CC(=O)C2.O=C=O. The van der Waals surface area contributed by atoms with Crippen molar-refractivity contribution in [2.45, 2.75) is 44.7 Å². The lowest BCUT2D eigenvalue weighted by atomic mass is 10.0. The molecule has 4 heteroatoms. The first-order valence-electron chi connectivity index (χ1n) is 4.99. The number of hydrogen-bond donors (Lipinski definition) is 0. The van der Waals surface area contributed by atoms with E-state index >= 15 is 0 Å². The summed E-state index contributed by atoms with van der Waals surface area (Å²) in [6, 6.07) is 1.21. The van der Waals surface area contributed by atoms with E-state index in [-0.39, 0.29) is 6.15 Å². The summed E-state index contributed by atoms with van der Waals surface area (Å²) in [5.41, 5.74) is 0. The van der Waals surface area contributed by atoms with Gasteiger partial charge in [-0.15, -0.1) is 0 Å². The van der Waals surface area contributed by atoms with Crippen LogP contribution in [-0.2, 0) is 14.4 Å². The first-order chi connectivity index (χ1) is 6.72. The van der Waals surface area contributed by atoms with Gasteiger partial charge in [-0.2, -0.15) is 9.59 Å². The Morgan fingerprint density at radius 1 is 1.29 bits per heavy atom. The Kier molecular flexibility index (Phi) is 3.98. The molecule has 2 heterocycles. The lowest BCUT2D eigenvalue weighted by molar-refractivity contribution is -0.191. The molecule has 0 spiro atoms. The van der Waals surface area contributed by atoms with E-state index in [9.17, 15) is 4.79 Å². The van der Waals surface area contributed by atoms with Gasteiger partial charge in [0.1, 0.15) is 5.78 Å². The lowest BCUT2D eigenvalue weighted by Crippen LogP contribution is -2.42. The van der Waals surface area contributed by atoms with Gasteiger partial charge < -0.3 is 0 Å². The fourth-order valence-corrected chi connectivity index (χ4v) is 2.58. The number of fused-ring (bicyclic) bond motifs is 2. The first-order valence-corrected chi connectivity index (χ1v) is 4.99. The maximum Gasteiger partial charge on any atom is 0.373 e. The van der Waals surface area contributed by atoms with Crippen molar-refractivity contribution >= 4 is 11.9 Å². The topological polar surface area (TPSA) is 54.5 Å². The minimum Gasteiger partial charge on any atom is -0.300 e. The normalized spacial score (nSPS) is 30.5. The molecule has 0 amide bonds. The van der Waals surface area contributed by atoms with Gasteiger partial charge in [0.25, 0.3) is 0 Å². The number of Topliss-reactive ketones (excluding diaryl/α,β-unsaturated/α-hetero) is 1. The summed E-state index contributed by atoms with van der Waals surface area (Å²) in [6.45, 7) is 3.32. The van der Waals surface area contributed by atoms with Crippen molar-refractivity contribution in [3.63, 3.8) is 0 Å². The molecule has 14 heavy (non-hydrogen) atoms. The van der Waals surface area contributed by atoms with E-state index in [2.05, 4.69) is 11.8 Å². The highest BCUT2D eigenvalue weighted by Crippen LogP contribution is 2.33. The highest BCUT2D eigenvalue weighted by Gasteiger charge is 2.38. The predicted molar refractivity (Wildman–Crippen MR) is 48.4 cm³/mol. The molecule has 2 unspecified atom stereocenters. The minimum atomic E-state index is 0.250. The minimum absolute atomic E-state index is 0.250. The van der Waals surface area contributed by atoms with Gasteiger partial charge in [0.15, 0.2) is 0 Å². The summed E-state index contributed by atoms with van der Waals surface area (Å²) in [5, 5.41) is 0. The van der Waals surface area contributed by atoms with E-state index in [0.29, 0.717) is 17.9 Å². The highest BCUT2D eigenvalue weighted by molar-refractivity contribution is 5.80. The second-order valence-corrected chi connectivity index (χ2v) is 3.75. The third kappa shape index (κ3) is 2.28. The van der Waals surface area contributed by atoms with E-state index in [1.807, 2.05) is 0 Å². The summed E-state index contributed by atoms with van der Waals surface area (Å²) in [4.78, 5) is 29.9. The van der Waals surface area contributed by atoms with Gasteiger partial charge in [-0.05, 0) is 19.4 Å². The number of ketones is 1. The van der Waals surface area contributed by atoms with Crippen molar-refractivity contribution in [1.29, 1.82) is 0 Å². The number of hydrogen-bond acceptors (Lipinski definition) is 4. The molecule has 0 saturated carbocycles. The van der Waals surface area contributed by atoms with Crippen LogP contribution in [0.5, 0.6) is 0 Å². The summed E-state index contributed by atoms with van der Waals surface area (Å²) in [5.74, 6) is 0.488. The quantitative estimate of drug-likeness (QED) is 0.618. The van der Waals surface area contributed by atoms with E-state index in [0.717, 1.165) is 19.4 Å². The lowest BCUT2D eigenvalue weighted by Gasteiger charge is -2.32. The monoisotopic (exact) mass is 197 g/mol. The van der Waals surface area contributed by atoms with Crippen molar-refractivity contribution in [3.05, 3.63) is 0 Å². The van der Waals surface area contributed by atoms with Crippen LogP contribution in [0.2, 0.25) is 0 Å². The van der Waals surface area contributed by atoms with E-state index in [1.165, 1.54) is 12.8 Å². The Balaban J connectivity index is 0.000000293. The smallest absolute Gasteiger partial charge is 0.300 e. The third-order valence-corrected chi connectivity index (χ3v) is 3.06. The van der Waals surface area contributed by atoms with Gasteiger partial charge in [-0.1, -0.05) is 6.92 Å². The molecule has 2 bridgehead atoms.